The minimum atomic E-state index is 0.0898. The number of nitrogens with one attached hydrogen (secondary N) is 1. The van der Waals surface area contributed by atoms with Gasteiger partial charge in [-0.05, 0) is 38.1 Å². The number of hydrogen-bond acceptors (Lipinski definition) is 3. The highest BCUT2D eigenvalue weighted by molar-refractivity contribution is 8.00. The lowest BCUT2D eigenvalue weighted by Crippen LogP contribution is -2.40. The lowest BCUT2D eigenvalue weighted by atomic mass is 9.93. The van der Waals surface area contributed by atoms with Crippen LogP contribution >= 0.6 is 11.8 Å². The number of carbonyl (C=O) groups excluding carboxylic acids is 1. The molecule has 1 rings (SSSR count). The summed E-state index contributed by atoms with van der Waals surface area (Å²) < 4.78 is 0. The van der Waals surface area contributed by atoms with Crippen LogP contribution in [0, 0.1) is 12.3 Å². The minimum Gasteiger partial charge on any atom is -0.355 e. The van der Waals surface area contributed by atoms with Gasteiger partial charge >= 0.3 is 0 Å². The first-order valence-electron chi connectivity index (χ1n) is 6.90. The molecular formula is C16H26N2OS. The quantitative estimate of drug-likeness (QED) is 0.785. The largest absolute Gasteiger partial charge is 0.355 e. The van der Waals surface area contributed by atoms with Crippen LogP contribution in [0.3, 0.4) is 0 Å². The minimum absolute atomic E-state index is 0.0898. The summed E-state index contributed by atoms with van der Waals surface area (Å²) in [6, 6.07) is 8.15. The van der Waals surface area contributed by atoms with E-state index in [0.717, 1.165) is 6.54 Å². The van der Waals surface area contributed by atoms with Gasteiger partial charge in [0.2, 0.25) is 5.91 Å². The third-order valence-electron chi connectivity index (χ3n) is 2.96. The van der Waals surface area contributed by atoms with E-state index in [1.54, 1.807) is 11.8 Å². The zero-order valence-corrected chi connectivity index (χ0v) is 14.0. The first-order chi connectivity index (χ1) is 9.30. The van der Waals surface area contributed by atoms with E-state index in [1.165, 1.54) is 10.5 Å². The topological polar surface area (TPSA) is 32.3 Å². The van der Waals surface area contributed by atoms with Crippen LogP contribution in [-0.4, -0.2) is 43.7 Å². The van der Waals surface area contributed by atoms with Crippen molar-refractivity contribution < 1.29 is 4.79 Å². The Labute approximate surface area is 127 Å². The van der Waals surface area contributed by atoms with Crippen LogP contribution in [-0.2, 0) is 4.79 Å². The standard InChI is InChI=1S/C16H26N2OS/c1-13-8-6-7-9-14(13)20-10-15(19)17-11-16(2,3)12-18(4)5/h6-9H,10-12H2,1-5H3,(H,17,19). The molecule has 0 atom stereocenters. The van der Waals surface area contributed by atoms with E-state index in [-0.39, 0.29) is 11.3 Å². The Balaban J connectivity index is 2.36. The molecule has 1 amide bonds. The fraction of sp³-hybridized carbons (Fsp3) is 0.562. The summed E-state index contributed by atoms with van der Waals surface area (Å²) in [5.74, 6) is 0.577. The molecule has 3 nitrogen and oxygen atoms in total. The van der Waals surface area contributed by atoms with Crippen molar-refractivity contribution in [1.29, 1.82) is 0 Å². The molecule has 0 unspecified atom stereocenters. The molecule has 0 spiro atoms. The molecule has 0 aromatic heterocycles. The molecule has 1 aromatic carbocycles. The van der Waals surface area contributed by atoms with Gasteiger partial charge in [0.25, 0.3) is 0 Å². The Morgan fingerprint density at radius 1 is 1.30 bits per heavy atom. The molecule has 0 heterocycles. The van der Waals surface area contributed by atoms with Gasteiger partial charge in [-0.2, -0.15) is 0 Å². The van der Waals surface area contributed by atoms with Crippen molar-refractivity contribution in [2.24, 2.45) is 5.41 Å². The molecule has 0 aliphatic carbocycles. The molecule has 112 valence electrons. The van der Waals surface area contributed by atoms with Crippen molar-refractivity contribution in [2.75, 3.05) is 32.9 Å². The molecule has 0 saturated heterocycles. The normalized spacial score (nSPS) is 11.7. The molecule has 0 aliphatic heterocycles. The zero-order valence-electron chi connectivity index (χ0n) is 13.2. The molecule has 1 N–H and O–H groups in total. The van der Waals surface area contributed by atoms with E-state index in [0.29, 0.717) is 12.3 Å². The molecule has 20 heavy (non-hydrogen) atoms. The second kappa shape index (κ2) is 7.70. The Morgan fingerprint density at radius 3 is 2.55 bits per heavy atom. The number of amides is 1. The van der Waals surface area contributed by atoms with Crippen LogP contribution in [0.1, 0.15) is 19.4 Å². The highest BCUT2D eigenvalue weighted by Crippen LogP contribution is 2.21. The van der Waals surface area contributed by atoms with E-state index in [4.69, 9.17) is 0 Å². The zero-order chi connectivity index (χ0) is 15.2. The fourth-order valence-corrected chi connectivity index (χ4v) is 3.02. The number of rotatable bonds is 7. The van der Waals surface area contributed by atoms with Crippen molar-refractivity contribution in [1.82, 2.24) is 10.2 Å². The van der Waals surface area contributed by atoms with Crippen molar-refractivity contribution in [3.05, 3.63) is 29.8 Å². The maximum absolute atomic E-state index is 11.9. The second-order valence-corrected chi connectivity index (χ2v) is 7.25. The van der Waals surface area contributed by atoms with E-state index >= 15 is 0 Å². The van der Waals surface area contributed by atoms with Gasteiger partial charge in [-0.3, -0.25) is 4.79 Å². The Hall–Kier alpha value is -1.00. The summed E-state index contributed by atoms with van der Waals surface area (Å²) in [6.07, 6.45) is 0. The van der Waals surface area contributed by atoms with Gasteiger partial charge in [-0.15, -0.1) is 11.8 Å². The van der Waals surface area contributed by atoms with Crippen LogP contribution < -0.4 is 5.32 Å². The third-order valence-corrected chi connectivity index (χ3v) is 4.14. The molecule has 4 heteroatoms. The lowest BCUT2D eigenvalue weighted by molar-refractivity contribution is -0.119. The monoisotopic (exact) mass is 294 g/mol. The van der Waals surface area contributed by atoms with Gasteiger partial charge in [0.1, 0.15) is 0 Å². The van der Waals surface area contributed by atoms with Crippen LogP contribution in [0.2, 0.25) is 0 Å². The number of hydrogen-bond donors (Lipinski definition) is 1. The highest BCUT2D eigenvalue weighted by Gasteiger charge is 2.19. The summed E-state index contributed by atoms with van der Waals surface area (Å²) in [7, 11) is 4.11. The average molecular weight is 294 g/mol. The number of benzene rings is 1. The van der Waals surface area contributed by atoms with Gasteiger partial charge in [0, 0.05) is 18.0 Å². The molecule has 0 saturated carbocycles. The maximum atomic E-state index is 11.9. The molecule has 0 radical (unpaired) electrons. The Morgan fingerprint density at radius 2 is 1.95 bits per heavy atom. The Kier molecular flexibility index (Phi) is 6.56. The summed E-state index contributed by atoms with van der Waals surface area (Å²) in [5, 5.41) is 3.03. The molecule has 0 aliphatic rings. The van der Waals surface area contributed by atoms with Crippen LogP contribution in [0.4, 0.5) is 0 Å². The summed E-state index contributed by atoms with van der Waals surface area (Å²) in [6.45, 7) is 8.07. The van der Waals surface area contributed by atoms with Crippen LogP contribution in [0.15, 0.2) is 29.2 Å². The number of thioether (sulfide) groups is 1. The molecule has 0 bridgehead atoms. The molecular weight excluding hydrogens is 268 g/mol. The highest BCUT2D eigenvalue weighted by atomic mass is 32.2. The number of carbonyl (C=O) groups is 1. The van der Waals surface area contributed by atoms with Gasteiger partial charge in [0.05, 0.1) is 5.75 Å². The first kappa shape index (κ1) is 17.1. The smallest absolute Gasteiger partial charge is 0.230 e. The van der Waals surface area contributed by atoms with Crippen molar-refractivity contribution in [3.8, 4) is 0 Å². The lowest BCUT2D eigenvalue weighted by Gasteiger charge is -2.28. The molecule has 1 aromatic rings. The van der Waals surface area contributed by atoms with Crippen LogP contribution in [0.25, 0.3) is 0 Å². The van der Waals surface area contributed by atoms with Gasteiger partial charge < -0.3 is 10.2 Å². The van der Waals surface area contributed by atoms with Gasteiger partial charge in [0.15, 0.2) is 0 Å². The first-order valence-corrected chi connectivity index (χ1v) is 7.88. The predicted octanol–water partition coefficient (Wildman–Crippen LogP) is 2.79. The van der Waals surface area contributed by atoms with E-state index in [2.05, 4.69) is 57.2 Å². The van der Waals surface area contributed by atoms with E-state index < -0.39 is 0 Å². The van der Waals surface area contributed by atoms with Crippen molar-refractivity contribution in [2.45, 2.75) is 25.7 Å². The third kappa shape index (κ3) is 6.44. The summed E-state index contributed by atoms with van der Waals surface area (Å²) >= 11 is 1.60. The van der Waals surface area contributed by atoms with E-state index in [1.807, 2.05) is 12.1 Å². The summed E-state index contributed by atoms with van der Waals surface area (Å²) in [4.78, 5) is 15.2. The fourth-order valence-electron chi connectivity index (χ4n) is 2.16. The van der Waals surface area contributed by atoms with Crippen molar-refractivity contribution in [3.63, 3.8) is 0 Å². The number of aryl methyl sites for hydroxylation is 1. The van der Waals surface area contributed by atoms with E-state index in [9.17, 15) is 4.79 Å². The second-order valence-electron chi connectivity index (χ2n) is 6.23. The number of nitrogens with zero attached hydrogens (tertiary/aromatic N) is 1. The van der Waals surface area contributed by atoms with Gasteiger partial charge in [-0.25, -0.2) is 0 Å². The SMILES string of the molecule is Cc1ccccc1SCC(=O)NCC(C)(C)CN(C)C. The van der Waals surface area contributed by atoms with Gasteiger partial charge in [-0.1, -0.05) is 32.0 Å². The Bertz CT molecular complexity index is 444. The van der Waals surface area contributed by atoms with Crippen molar-refractivity contribution >= 4 is 17.7 Å². The predicted molar refractivity (Wildman–Crippen MR) is 87.2 cm³/mol. The maximum Gasteiger partial charge on any atom is 0.230 e. The summed E-state index contributed by atoms with van der Waals surface area (Å²) in [5.41, 5.74) is 1.31. The molecule has 0 fully saturated rings. The van der Waals surface area contributed by atoms with Crippen LogP contribution in [0.5, 0.6) is 0 Å². The average Bonchev–Trinajstić information content (AvgIpc) is 2.34.